The van der Waals surface area contributed by atoms with Crippen molar-refractivity contribution >= 4 is 17.5 Å². The van der Waals surface area contributed by atoms with Gasteiger partial charge in [-0.15, -0.1) is 11.8 Å². The van der Waals surface area contributed by atoms with E-state index in [1.165, 1.54) is 5.56 Å². The molecule has 2 heteroatoms. The highest BCUT2D eigenvalue weighted by Gasteiger charge is 2.40. The van der Waals surface area contributed by atoms with Crippen LogP contribution in [0.15, 0.2) is 35.7 Å². The Bertz CT molecular complexity index is 408. The van der Waals surface area contributed by atoms with Gasteiger partial charge < -0.3 is 0 Å². The molecule has 2 unspecified atom stereocenters. The summed E-state index contributed by atoms with van der Waals surface area (Å²) in [6.07, 6.45) is 2.14. The quantitative estimate of drug-likeness (QED) is 0.622. The minimum atomic E-state index is 0.136. The van der Waals surface area contributed by atoms with E-state index in [0.717, 1.165) is 5.56 Å². The lowest BCUT2D eigenvalue weighted by Gasteiger charge is -2.04. The van der Waals surface area contributed by atoms with Gasteiger partial charge in [-0.2, -0.15) is 0 Å². The van der Waals surface area contributed by atoms with Crippen molar-refractivity contribution in [2.75, 3.05) is 0 Å². The first-order valence-corrected chi connectivity index (χ1v) is 5.27. The van der Waals surface area contributed by atoms with Gasteiger partial charge >= 0.3 is 0 Å². The number of hydrogen-bond donors (Lipinski definition) is 0. The van der Waals surface area contributed by atoms with Gasteiger partial charge in [0.15, 0.2) is 5.78 Å². The van der Waals surface area contributed by atoms with Crippen LogP contribution >= 0.6 is 11.8 Å². The molecule has 1 aromatic rings. The molecule has 2 atom stereocenters. The van der Waals surface area contributed by atoms with Crippen LogP contribution in [0.3, 0.4) is 0 Å². The molecule has 13 heavy (non-hydrogen) atoms. The van der Waals surface area contributed by atoms with Crippen LogP contribution in [0, 0.1) is 0 Å². The molecule has 0 saturated heterocycles. The molecule has 0 aromatic heterocycles. The largest absolute Gasteiger partial charge is 0.293 e. The summed E-state index contributed by atoms with van der Waals surface area (Å²) in [5.74, 6) is 0.643. The molecule has 1 heterocycles. The molecular formula is C11H8OS. The highest BCUT2D eigenvalue weighted by atomic mass is 32.2. The summed E-state index contributed by atoms with van der Waals surface area (Å²) >= 11 is 1.65. The smallest absolute Gasteiger partial charge is 0.177 e. The first-order chi connectivity index (χ1) is 6.38. The van der Waals surface area contributed by atoms with Gasteiger partial charge in [0.2, 0.25) is 0 Å². The van der Waals surface area contributed by atoms with Crippen LogP contribution in [0.25, 0.3) is 0 Å². The van der Waals surface area contributed by atoms with Crippen LogP contribution in [0.4, 0.5) is 0 Å². The molecule has 64 valence electrons. The second kappa shape index (κ2) is 2.48. The predicted molar refractivity (Wildman–Crippen MR) is 54.0 cm³/mol. The minimum absolute atomic E-state index is 0.136. The molecule has 1 aromatic carbocycles. The molecule has 3 rings (SSSR count). The van der Waals surface area contributed by atoms with Crippen molar-refractivity contribution in [3.05, 3.63) is 46.9 Å². The molecule has 0 bridgehead atoms. The summed E-state index contributed by atoms with van der Waals surface area (Å²) in [4.78, 5) is 11.8. The van der Waals surface area contributed by atoms with Gasteiger partial charge in [-0.3, -0.25) is 4.79 Å². The number of Topliss-reactive ketones (excluding diaryl/α,β-unsaturated/α-hetero) is 1. The van der Waals surface area contributed by atoms with Gasteiger partial charge in [0.05, 0.1) is 5.25 Å². The number of benzene rings is 1. The Labute approximate surface area is 80.8 Å². The zero-order valence-corrected chi connectivity index (χ0v) is 7.75. The van der Waals surface area contributed by atoms with Crippen LogP contribution in [-0.2, 0) is 0 Å². The number of fused-ring (bicyclic) bond motifs is 3. The van der Waals surface area contributed by atoms with Crippen molar-refractivity contribution < 1.29 is 4.79 Å². The molecule has 1 aliphatic heterocycles. The maximum atomic E-state index is 11.8. The van der Waals surface area contributed by atoms with E-state index in [1.54, 1.807) is 11.8 Å². The molecule has 0 fully saturated rings. The zero-order chi connectivity index (χ0) is 8.84. The van der Waals surface area contributed by atoms with Crippen molar-refractivity contribution in [1.29, 1.82) is 0 Å². The van der Waals surface area contributed by atoms with Crippen LogP contribution in [0.2, 0.25) is 0 Å². The predicted octanol–water partition coefficient (Wildman–Crippen LogP) is 2.60. The summed E-state index contributed by atoms with van der Waals surface area (Å²) in [6, 6.07) is 7.94. The Balaban J connectivity index is 2.23. The molecule has 0 saturated carbocycles. The second-order valence-corrected chi connectivity index (χ2v) is 4.41. The Morgan fingerprint density at radius 1 is 1.23 bits per heavy atom. The van der Waals surface area contributed by atoms with Gasteiger partial charge in [0.25, 0.3) is 0 Å². The third-order valence-corrected chi connectivity index (χ3v) is 3.80. The number of carbonyl (C=O) groups is 1. The molecule has 0 N–H and O–H groups in total. The topological polar surface area (TPSA) is 17.1 Å². The minimum Gasteiger partial charge on any atom is -0.293 e. The number of carbonyl (C=O) groups excluding carboxylic acids is 1. The van der Waals surface area contributed by atoms with Gasteiger partial charge in [0.1, 0.15) is 0 Å². The monoisotopic (exact) mass is 188 g/mol. The Hall–Kier alpha value is -1.02. The molecule has 1 aliphatic carbocycles. The fourth-order valence-corrected chi connectivity index (χ4v) is 3.14. The molecule has 0 amide bonds. The summed E-state index contributed by atoms with van der Waals surface area (Å²) in [7, 11) is 0. The molecule has 1 nitrogen and oxygen atoms in total. The highest BCUT2D eigenvalue weighted by Crippen LogP contribution is 2.45. The van der Waals surface area contributed by atoms with E-state index in [2.05, 4.69) is 12.1 Å². The van der Waals surface area contributed by atoms with Crippen LogP contribution in [0.5, 0.6) is 0 Å². The summed E-state index contributed by atoms with van der Waals surface area (Å²) < 4.78 is 0. The third kappa shape index (κ3) is 0.866. The van der Waals surface area contributed by atoms with Crippen LogP contribution in [0.1, 0.15) is 21.8 Å². The zero-order valence-electron chi connectivity index (χ0n) is 6.94. The lowest BCUT2D eigenvalue weighted by molar-refractivity contribution is 0.0998. The van der Waals surface area contributed by atoms with E-state index in [0.29, 0.717) is 11.7 Å². The summed E-state index contributed by atoms with van der Waals surface area (Å²) in [5.41, 5.74) is 2.13. The number of allylic oxidation sites excluding steroid dienone is 1. The van der Waals surface area contributed by atoms with E-state index >= 15 is 0 Å². The Morgan fingerprint density at radius 2 is 2.08 bits per heavy atom. The fourth-order valence-electron chi connectivity index (χ4n) is 2.06. The SMILES string of the molecule is O=C1c2ccccc2C2C=CSC12. The van der Waals surface area contributed by atoms with E-state index in [9.17, 15) is 4.79 Å². The lowest BCUT2D eigenvalue weighted by atomic mass is 10.0. The summed E-state index contributed by atoms with van der Waals surface area (Å²) in [5, 5.41) is 2.18. The Morgan fingerprint density at radius 3 is 3.00 bits per heavy atom. The van der Waals surface area contributed by atoms with Gasteiger partial charge in [-0.25, -0.2) is 0 Å². The first-order valence-electron chi connectivity index (χ1n) is 4.33. The van der Waals surface area contributed by atoms with E-state index in [-0.39, 0.29) is 5.25 Å². The second-order valence-electron chi connectivity index (χ2n) is 3.36. The standard InChI is InChI=1S/C11H8OS/c12-10-8-4-2-1-3-7(8)9-5-6-13-11(9)10/h1-6,9,11H. The summed E-state index contributed by atoms with van der Waals surface area (Å²) in [6.45, 7) is 0. The van der Waals surface area contributed by atoms with Crippen LogP contribution < -0.4 is 0 Å². The maximum absolute atomic E-state index is 11.8. The highest BCUT2D eigenvalue weighted by molar-refractivity contribution is 8.03. The number of thioether (sulfide) groups is 1. The molecular weight excluding hydrogens is 180 g/mol. The molecule has 2 aliphatic rings. The van der Waals surface area contributed by atoms with Crippen molar-refractivity contribution in [2.24, 2.45) is 0 Å². The van der Waals surface area contributed by atoms with Crippen molar-refractivity contribution in [1.82, 2.24) is 0 Å². The molecule has 0 spiro atoms. The van der Waals surface area contributed by atoms with Crippen molar-refractivity contribution in [2.45, 2.75) is 11.2 Å². The average Bonchev–Trinajstić information content (AvgIpc) is 2.72. The van der Waals surface area contributed by atoms with Gasteiger partial charge in [-0.1, -0.05) is 30.3 Å². The van der Waals surface area contributed by atoms with Gasteiger partial charge in [-0.05, 0) is 11.0 Å². The number of ketones is 1. The van der Waals surface area contributed by atoms with Crippen LogP contribution in [-0.4, -0.2) is 11.0 Å². The van der Waals surface area contributed by atoms with Crippen molar-refractivity contribution in [3.63, 3.8) is 0 Å². The number of hydrogen-bond acceptors (Lipinski definition) is 2. The lowest BCUT2D eigenvalue weighted by Crippen LogP contribution is -2.10. The fraction of sp³-hybridized carbons (Fsp3) is 0.182. The van der Waals surface area contributed by atoms with Gasteiger partial charge in [0, 0.05) is 11.5 Å². The normalized spacial score (nSPS) is 29.1. The van der Waals surface area contributed by atoms with Crippen molar-refractivity contribution in [3.8, 4) is 0 Å². The van der Waals surface area contributed by atoms with E-state index < -0.39 is 0 Å². The van der Waals surface area contributed by atoms with E-state index in [1.807, 2.05) is 23.6 Å². The average molecular weight is 188 g/mol. The first kappa shape index (κ1) is 7.39. The Kier molecular flexibility index (Phi) is 1.41. The third-order valence-electron chi connectivity index (χ3n) is 2.68. The van der Waals surface area contributed by atoms with E-state index in [4.69, 9.17) is 0 Å². The number of rotatable bonds is 0. The maximum Gasteiger partial charge on any atom is 0.177 e. The molecule has 0 radical (unpaired) electrons.